The highest BCUT2D eigenvalue weighted by Crippen LogP contribution is 2.40. The standard InChI is InChI=1S/C17H14N4O3S/c1-22-11-8-6-9-12(23-2)14(11)16-20-21-15(18-19-17(21)25-16)13-7-4-3-5-10-24-13/h3-4,6-10,13H,1-2H3. The van der Waals surface area contributed by atoms with Crippen LogP contribution in [-0.2, 0) is 4.74 Å². The average molecular weight is 354 g/mol. The summed E-state index contributed by atoms with van der Waals surface area (Å²) < 4.78 is 18.2. The highest BCUT2D eigenvalue weighted by Gasteiger charge is 2.23. The predicted octanol–water partition coefficient (Wildman–Crippen LogP) is 3.17. The minimum Gasteiger partial charge on any atom is -0.496 e. The Hall–Kier alpha value is -3.09. The predicted molar refractivity (Wildman–Crippen MR) is 92.8 cm³/mol. The number of nitrogens with zero attached hydrogens (tertiary/aromatic N) is 4. The van der Waals surface area contributed by atoms with Gasteiger partial charge in [-0.15, -0.1) is 10.2 Å². The largest absolute Gasteiger partial charge is 0.496 e. The molecule has 0 fully saturated rings. The molecule has 1 aromatic carbocycles. The molecule has 0 saturated heterocycles. The average Bonchev–Trinajstić information content (AvgIpc) is 3.11. The van der Waals surface area contributed by atoms with Gasteiger partial charge in [-0.05, 0) is 24.3 Å². The first-order chi connectivity index (χ1) is 12.3. The molecule has 3 aromatic rings. The first-order valence-corrected chi connectivity index (χ1v) is 8.30. The molecule has 0 N–H and O–H groups in total. The van der Waals surface area contributed by atoms with E-state index in [1.54, 1.807) is 24.8 Å². The number of ether oxygens (including phenoxy) is 3. The van der Waals surface area contributed by atoms with Crippen LogP contribution in [0.3, 0.4) is 0 Å². The van der Waals surface area contributed by atoms with Crippen LogP contribution in [0.25, 0.3) is 15.5 Å². The number of fused-ring (bicyclic) bond motifs is 1. The molecule has 0 spiro atoms. The summed E-state index contributed by atoms with van der Waals surface area (Å²) in [5.41, 5.74) is 3.67. The molecule has 0 amide bonds. The fraction of sp³-hybridized carbons (Fsp3) is 0.176. The van der Waals surface area contributed by atoms with Gasteiger partial charge < -0.3 is 14.2 Å². The molecule has 0 saturated carbocycles. The Labute approximate surface area is 147 Å². The second kappa shape index (κ2) is 6.43. The van der Waals surface area contributed by atoms with Crippen molar-refractivity contribution in [1.29, 1.82) is 0 Å². The Bertz CT molecular complexity index is 992. The molecule has 7 nitrogen and oxygen atoms in total. The van der Waals surface area contributed by atoms with Gasteiger partial charge in [-0.25, -0.2) is 0 Å². The van der Waals surface area contributed by atoms with Crippen molar-refractivity contribution in [3.05, 3.63) is 54.2 Å². The van der Waals surface area contributed by atoms with Gasteiger partial charge >= 0.3 is 0 Å². The van der Waals surface area contributed by atoms with Gasteiger partial charge in [0.25, 0.3) is 0 Å². The summed E-state index contributed by atoms with van der Waals surface area (Å²) in [6, 6.07) is 5.61. The number of hydrogen-bond donors (Lipinski definition) is 0. The molecule has 1 aliphatic rings. The van der Waals surface area contributed by atoms with E-state index in [1.165, 1.54) is 17.6 Å². The molecule has 0 radical (unpaired) electrons. The van der Waals surface area contributed by atoms with Crippen molar-refractivity contribution in [1.82, 2.24) is 19.8 Å². The van der Waals surface area contributed by atoms with Gasteiger partial charge in [-0.1, -0.05) is 29.2 Å². The van der Waals surface area contributed by atoms with Crippen LogP contribution in [0.15, 0.2) is 48.4 Å². The fourth-order valence-corrected chi connectivity index (χ4v) is 3.43. The molecule has 1 aliphatic heterocycles. The van der Waals surface area contributed by atoms with Gasteiger partial charge in [0.05, 0.1) is 19.8 Å². The maximum absolute atomic E-state index is 5.60. The Kier molecular flexibility index (Phi) is 3.97. The van der Waals surface area contributed by atoms with E-state index in [0.717, 1.165) is 10.6 Å². The van der Waals surface area contributed by atoms with E-state index < -0.39 is 0 Å². The van der Waals surface area contributed by atoms with Crippen molar-refractivity contribution in [2.24, 2.45) is 0 Å². The third kappa shape index (κ3) is 2.67. The Morgan fingerprint density at radius 1 is 1.20 bits per heavy atom. The van der Waals surface area contributed by atoms with Crippen LogP contribution >= 0.6 is 11.3 Å². The maximum atomic E-state index is 5.60. The zero-order valence-electron chi connectivity index (χ0n) is 13.5. The number of rotatable bonds is 4. The summed E-state index contributed by atoms with van der Waals surface area (Å²) in [6.07, 6.45) is 6.62. The molecular weight excluding hydrogens is 340 g/mol. The van der Waals surface area contributed by atoms with Gasteiger partial charge in [-0.3, -0.25) is 0 Å². The monoisotopic (exact) mass is 354 g/mol. The third-order valence-corrected chi connectivity index (χ3v) is 4.59. The summed E-state index contributed by atoms with van der Waals surface area (Å²) in [4.78, 5) is 0.663. The second-order valence-corrected chi connectivity index (χ2v) is 6.05. The zero-order chi connectivity index (χ0) is 17.2. The SMILES string of the molecule is COc1cccc(OC)c1-c1nn2c(C3C=CC=C=CO3)nnc2s1. The highest BCUT2D eigenvalue weighted by atomic mass is 32.1. The molecule has 2 aromatic heterocycles. The molecule has 4 rings (SSSR count). The highest BCUT2D eigenvalue weighted by molar-refractivity contribution is 7.19. The molecule has 1 atom stereocenters. The van der Waals surface area contributed by atoms with E-state index in [1.807, 2.05) is 30.4 Å². The smallest absolute Gasteiger partial charge is 0.235 e. The first kappa shape index (κ1) is 15.4. The lowest BCUT2D eigenvalue weighted by molar-refractivity contribution is 0.180. The number of aromatic nitrogens is 4. The number of benzene rings is 1. The minimum atomic E-state index is -0.379. The van der Waals surface area contributed by atoms with Gasteiger partial charge in [0.2, 0.25) is 4.96 Å². The van der Waals surface area contributed by atoms with Crippen molar-refractivity contribution in [2.45, 2.75) is 6.10 Å². The zero-order valence-corrected chi connectivity index (χ0v) is 14.4. The van der Waals surface area contributed by atoms with Crippen LogP contribution in [0.1, 0.15) is 11.9 Å². The lowest BCUT2D eigenvalue weighted by atomic mass is 10.2. The number of methoxy groups -OCH3 is 2. The molecule has 0 aliphatic carbocycles. The molecule has 1 unspecified atom stereocenters. The van der Waals surface area contributed by atoms with E-state index >= 15 is 0 Å². The summed E-state index contributed by atoms with van der Waals surface area (Å²) in [6.45, 7) is 0. The minimum absolute atomic E-state index is 0.379. The van der Waals surface area contributed by atoms with Crippen LogP contribution < -0.4 is 9.47 Å². The van der Waals surface area contributed by atoms with E-state index in [4.69, 9.17) is 14.2 Å². The maximum Gasteiger partial charge on any atom is 0.235 e. The van der Waals surface area contributed by atoms with Crippen molar-refractivity contribution >= 4 is 16.3 Å². The Balaban J connectivity index is 1.83. The Morgan fingerprint density at radius 2 is 2.00 bits per heavy atom. The van der Waals surface area contributed by atoms with E-state index in [2.05, 4.69) is 21.0 Å². The van der Waals surface area contributed by atoms with E-state index in [-0.39, 0.29) is 6.10 Å². The second-order valence-electron chi connectivity index (χ2n) is 5.09. The molecule has 3 heterocycles. The topological polar surface area (TPSA) is 70.8 Å². The lowest BCUT2D eigenvalue weighted by Crippen LogP contribution is -2.04. The first-order valence-electron chi connectivity index (χ1n) is 7.48. The summed E-state index contributed by atoms with van der Waals surface area (Å²) in [5.74, 6) is 1.96. The van der Waals surface area contributed by atoms with Crippen molar-refractivity contribution in [3.63, 3.8) is 0 Å². The summed E-state index contributed by atoms with van der Waals surface area (Å²) >= 11 is 1.40. The molecular formula is C17H14N4O3S. The lowest BCUT2D eigenvalue weighted by Gasteiger charge is -2.10. The van der Waals surface area contributed by atoms with Gasteiger partial charge in [0, 0.05) is 0 Å². The summed E-state index contributed by atoms with van der Waals surface area (Å²) in [5, 5.41) is 13.8. The Morgan fingerprint density at radius 3 is 2.76 bits per heavy atom. The van der Waals surface area contributed by atoms with Crippen molar-refractivity contribution < 1.29 is 14.2 Å². The van der Waals surface area contributed by atoms with Crippen LogP contribution in [0.4, 0.5) is 0 Å². The van der Waals surface area contributed by atoms with Crippen LogP contribution in [0, 0.1) is 0 Å². The summed E-state index contributed by atoms with van der Waals surface area (Å²) in [7, 11) is 3.24. The molecule has 25 heavy (non-hydrogen) atoms. The number of hydrogen-bond acceptors (Lipinski definition) is 7. The third-order valence-electron chi connectivity index (χ3n) is 3.67. The van der Waals surface area contributed by atoms with Crippen LogP contribution in [0.5, 0.6) is 11.5 Å². The van der Waals surface area contributed by atoms with Gasteiger partial charge in [-0.2, -0.15) is 9.61 Å². The number of allylic oxidation sites excluding steroid dienone is 2. The van der Waals surface area contributed by atoms with Crippen LogP contribution in [-0.4, -0.2) is 34.0 Å². The van der Waals surface area contributed by atoms with Crippen molar-refractivity contribution in [2.75, 3.05) is 14.2 Å². The van der Waals surface area contributed by atoms with Crippen LogP contribution in [0.2, 0.25) is 0 Å². The quantitative estimate of drug-likeness (QED) is 0.670. The van der Waals surface area contributed by atoms with Gasteiger partial charge in [0.1, 0.15) is 17.8 Å². The van der Waals surface area contributed by atoms with E-state index in [9.17, 15) is 0 Å². The molecule has 0 bridgehead atoms. The molecule has 126 valence electrons. The fourth-order valence-electron chi connectivity index (χ4n) is 2.53. The van der Waals surface area contributed by atoms with Crippen molar-refractivity contribution in [3.8, 4) is 22.1 Å². The normalized spacial score (nSPS) is 16.0. The van der Waals surface area contributed by atoms with E-state index in [0.29, 0.717) is 22.3 Å². The molecule has 8 heteroatoms. The van der Waals surface area contributed by atoms with Gasteiger partial charge in [0.15, 0.2) is 16.9 Å².